The Kier molecular flexibility index (Phi) is 5.28. The fourth-order valence-electron chi connectivity index (χ4n) is 2.69. The predicted octanol–water partition coefficient (Wildman–Crippen LogP) is 1.52. The molecule has 0 saturated heterocycles. The van der Waals surface area contributed by atoms with Gasteiger partial charge in [0.2, 0.25) is 15.9 Å². The summed E-state index contributed by atoms with van der Waals surface area (Å²) < 4.78 is 30.4. The number of methoxy groups -OCH3 is 1. The number of anilines is 1. The van der Waals surface area contributed by atoms with Crippen molar-refractivity contribution in [2.75, 3.05) is 24.2 Å². The van der Waals surface area contributed by atoms with Crippen molar-refractivity contribution in [3.8, 4) is 5.75 Å². The van der Waals surface area contributed by atoms with Crippen LogP contribution in [0.5, 0.6) is 5.75 Å². The van der Waals surface area contributed by atoms with Gasteiger partial charge in [-0.15, -0.1) is 0 Å². The van der Waals surface area contributed by atoms with Gasteiger partial charge < -0.3 is 10.1 Å². The molecule has 1 N–H and O–H groups in total. The average molecular weight is 326 g/mol. The smallest absolute Gasteiger partial charge is 0.240 e. The molecule has 2 rings (SSSR count). The maximum absolute atomic E-state index is 12.2. The van der Waals surface area contributed by atoms with Crippen LogP contribution in [0.1, 0.15) is 25.7 Å². The molecule has 1 fully saturated rings. The predicted molar refractivity (Wildman–Crippen MR) is 85.6 cm³/mol. The molecule has 122 valence electrons. The van der Waals surface area contributed by atoms with Crippen LogP contribution in [-0.2, 0) is 14.8 Å². The van der Waals surface area contributed by atoms with E-state index in [2.05, 4.69) is 5.32 Å². The Labute approximate surface area is 131 Å². The van der Waals surface area contributed by atoms with Gasteiger partial charge in [-0.05, 0) is 25.0 Å². The van der Waals surface area contributed by atoms with Gasteiger partial charge in [-0.2, -0.15) is 0 Å². The molecule has 0 spiro atoms. The van der Waals surface area contributed by atoms with E-state index in [0.29, 0.717) is 11.4 Å². The molecule has 0 radical (unpaired) electrons. The first-order valence-electron chi connectivity index (χ1n) is 7.32. The summed E-state index contributed by atoms with van der Waals surface area (Å²) in [6.45, 7) is -0.240. The highest BCUT2D eigenvalue weighted by atomic mass is 32.2. The lowest BCUT2D eigenvalue weighted by Crippen LogP contribution is -2.43. The molecular formula is C15H22N2O4S. The molecule has 1 aliphatic carbocycles. The van der Waals surface area contributed by atoms with Gasteiger partial charge >= 0.3 is 0 Å². The van der Waals surface area contributed by atoms with E-state index < -0.39 is 10.0 Å². The second-order valence-corrected chi connectivity index (χ2v) is 7.40. The van der Waals surface area contributed by atoms with Crippen LogP contribution in [0.4, 0.5) is 5.69 Å². The number of ether oxygens (including phenoxy) is 1. The summed E-state index contributed by atoms with van der Waals surface area (Å²) in [5.41, 5.74) is 0.370. The van der Waals surface area contributed by atoms with Crippen LogP contribution in [0, 0.1) is 0 Å². The van der Waals surface area contributed by atoms with Gasteiger partial charge in [0.05, 0.1) is 19.1 Å². The van der Waals surface area contributed by atoms with Crippen molar-refractivity contribution in [1.82, 2.24) is 5.32 Å². The van der Waals surface area contributed by atoms with Gasteiger partial charge in [-0.25, -0.2) is 8.42 Å². The molecule has 22 heavy (non-hydrogen) atoms. The molecule has 0 heterocycles. The Morgan fingerprint density at radius 2 is 1.95 bits per heavy atom. The molecule has 0 unspecified atom stereocenters. The van der Waals surface area contributed by atoms with E-state index >= 15 is 0 Å². The molecular weight excluding hydrogens is 304 g/mol. The standard InChI is InChI=1S/C15H22N2O4S/c1-21-14-10-6-5-9-13(14)17(22(2,19)20)11-15(18)16-12-7-3-4-8-12/h5-6,9-10,12H,3-4,7-8,11H2,1-2H3,(H,16,18). The van der Waals surface area contributed by atoms with Crippen LogP contribution < -0.4 is 14.4 Å². The second-order valence-electron chi connectivity index (χ2n) is 5.49. The molecule has 0 atom stereocenters. The first-order valence-corrected chi connectivity index (χ1v) is 9.16. The fourth-order valence-corrected chi connectivity index (χ4v) is 3.55. The molecule has 1 aliphatic rings. The van der Waals surface area contributed by atoms with E-state index in [0.717, 1.165) is 36.2 Å². The first kappa shape index (κ1) is 16.6. The lowest BCUT2D eigenvalue weighted by molar-refractivity contribution is -0.120. The Balaban J connectivity index is 2.18. The summed E-state index contributed by atoms with van der Waals surface area (Å²) >= 11 is 0. The molecule has 0 aliphatic heterocycles. The number of nitrogens with one attached hydrogen (secondary N) is 1. The largest absolute Gasteiger partial charge is 0.495 e. The Morgan fingerprint density at radius 3 is 2.55 bits per heavy atom. The molecule has 0 aromatic heterocycles. The van der Waals surface area contributed by atoms with E-state index in [9.17, 15) is 13.2 Å². The zero-order valence-electron chi connectivity index (χ0n) is 12.9. The number of rotatable bonds is 6. The maximum atomic E-state index is 12.2. The molecule has 7 heteroatoms. The maximum Gasteiger partial charge on any atom is 0.240 e. The third-order valence-corrected chi connectivity index (χ3v) is 4.89. The zero-order chi connectivity index (χ0) is 16.2. The monoisotopic (exact) mass is 326 g/mol. The van der Waals surface area contributed by atoms with E-state index in [1.54, 1.807) is 24.3 Å². The Bertz CT molecular complexity index is 624. The molecule has 6 nitrogen and oxygen atoms in total. The normalized spacial score (nSPS) is 15.5. The van der Waals surface area contributed by atoms with E-state index in [1.165, 1.54) is 7.11 Å². The number of hydrogen-bond donors (Lipinski definition) is 1. The van der Waals surface area contributed by atoms with Crippen LogP contribution in [0.2, 0.25) is 0 Å². The number of carbonyl (C=O) groups excluding carboxylic acids is 1. The molecule has 1 aromatic rings. The minimum Gasteiger partial charge on any atom is -0.495 e. The highest BCUT2D eigenvalue weighted by Gasteiger charge is 2.25. The number of carbonyl (C=O) groups is 1. The quantitative estimate of drug-likeness (QED) is 0.860. The molecule has 1 amide bonds. The number of amides is 1. The van der Waals surface area contributed by atoms with Crippen LogP contribution in [-0.4, -0.2) is 40.3 Å². The minimum absolute atomic E-state index is 0.159. The SMILES string of the molecule is COc1ccccc1N(CC(=O)NC1CCCC1)S(C)(=O)=O. The fraction of sp³-hybridized carbons (Fsp3) is 0.533. The van der Waals surface area contributed by atoms with Gasteiger partial charge in [0, 0.05) is 6.04 Å². The lowest BCUT2D eigenvalue weighted by atomic mass is 10.2. The van der Waals surface area contributed by atoms with Crippen molar-refractivity contribution in [3.05, 3.63) is 24.3 Å². The summed E-state index contributed by atoms with van der Waals surface area (Å²) in [5.74, 6) is 0.129. The van der Waals surface area contributed by atoms with Crippen molar-refractivity contribution >= 4 is 21.6 Å². The summed E-state index contributed by atoms with van der Waals surface area (Å²) in [6, 6.07) is 6.92. The van der Waals surface area contributed by atoms with Crippen LogP contribution >= 0.6 is 0 Å². The van der Waals surface area contributed by atoms with Crippen molar-refractivity contribution in [2.24, 2.45) is 0 Å². The van der Waals surface area contributed by atoms with Gasteiger partial charge in [-0.1, -0.05) is 25.0 Å². The number of para-hydroxylation sites is 2. The zero-order valence-corrected chi connectivity index (χ0v) is 13.7. The molecule has 1 aromatic carbocycles. The number of nitrogens with zero attached hydrogens (tertiary/aromatic N) is 1. The number of sulfonamides is 1. The highest BCUT2D eigenvalue weighted by molar-refractivity contribution is 7.92. The van der Waals surface area contributed by atoms with Crippen LogP contribution in [0.25, 0.3) is 0 Å². The minimum atomic E-state index is -3.59. The molecule has 1 saturated carbocycles. The highest BCUT2D eigenvalue weighted by Crippen LogP contribution is 2.29. The summed E-state index contributed by atoms with van der Waals surface area (Å²) in [7, 11) is -2.12. The summed E-state index contributed by atoms with van der Waals surface area (Å²) in [6.07, 6.45) is 5.21. The van der Waals surface area contributed by atoms with Gasteiger partial charge in [-0.3, -0.25) is 9.10 Å². The Morgan fingerprint density at radius 1 is 1.32 bits per heavy atom. The van der Waals surface area contributed by atoms with E-state index in [4.69, 9.17) is 4.74 Å². The number of hydrogen-bond acceptors (Lipinski definition) is 4. The Hall–Kier alpha value is -1.76. The van der Waals surface area contributed by atoms with Gasteiger partial charge in [0.1, 0.15) is 12.3 Å². The summed E-state index contributed by atoms with van der Waals surface area (Å²) in [5, 5.41) is 2.90. The molecule has 0 bridgehead atoms. The topological polar surface area (TPSA) is 75.7 Å². The third-order valence-electron chi connectivity index (χ3n) is 3.76. The van der Waals surface area contributed by atoms with Gasteiger partial charge in [0.15, 0.2) is 0 Å². The average Bonchev–Trinajstić information content (AvgIpc) is 2.96. The van der Waals surface area contributed by atoms with Crippen molar-refractivity contribution in [3.63, 3.8) is 0 Å². The van der Waals surface area contributed by atoms with E-state index in [-0.39, 0.29) is 18.5 Å². The number of benzene rings is 1. The summed E-state index contributed by atoms with van der Waals surface area (Å²) in [4.78, 5) is 12.2. The van der Waals surface area contributed by atoms with Crippen molar-refractivity contribution in [1.29, 1.82) is 0 Å². The lowest BCUT2D eigenvalue weighted by Gasteiger charge is -2.24. The second kappa shape index (κ2) is 7.00. The third kappa shape index (κ3) is 4.13. The first-order chi connectivity index (χ1) is 10.4. The van der Waals surface area contributed by atoms with Gasteiger partial charge in [0.25, 0.3) is 0 Å². The van der Waals surface area contributed by atoms with E-state index in [1.807, 2.05) is 0 Å². The van der Waals surface area contributed by atoms with Crippen LogP contribution in [0.3, 0.4) is 0 Å². The van der Waals surface area contributed by atoms with Crippen molar-refractivity contribution < 1.29 is 17.9 Å². The van der Waals surface area contributed by atoms with Crippen LogP contribution in [0.15, 0.2) is 24.3 Å². The van der Waals surface area contributed by atoms with Crippen molar-refractivity contribution in [2.45, 2.75) is 31.7 Å².